The van der Waals surface area contributed by atoms with Crippen molar-refractivity contribution in [2.24, 2.45) is 0 Å². The number of hydrogen-bond donors (Lipinski definition) is 2. The monoisotopic (exact) mass is 544 g/mol. The van der Waals surface area contributed by atoms with Gasteiger partial charge in [0.05, 0.1) is 6.61 Å². The molecule has 0 unspecified atom stereocenters. The molecule has 0 saturated carbocycles. The molecule has 27 heavy (non-hydrogen) atoms. The van der Waals surface area contributed by atoms with E-state index in [-0.39, 0.29) is 13.2 Å². The van der Waals surface area contributed by atoms with Crippen LogP contribution in [-0.4, -0.2) is 69.0 Å². The molecule has 0 bridgehead atoms. The van der Waals surface area contributed by atoms with Crippen LogP contribution in [0.25, 0.3) is 0 Å². The fourth-order valence-electron chi connectivity index (χ4n) is 2.47. The van der Waals surface area contributed by atoms with Crippen LogP contribution in [0.2, 0.25) is 14.8 Å². The average Bonchev–Trinajstić information content (AvgIpc) is 2.62. The number of rotatable bonds is 7. The molecule has 0 aromatic heterocycles. The third-order valence-electron chi connectivity index (χ3n) is 4.31. The topological polar surface area (TPSA) is 46.9 Å². The van der Waals surface area contributed by atoms with E-state index in [1.165, 1.54) is 5.69 Å². The van der Waals surface area contributed by atoms with Crippen molar-refractivity contribution in [1.82, 2.24) is 0 Å². The van der Waals surface area contributed by atoms with Crippen molar-refractivity contribution in [3.63, 3.8) is 0 Å². The van der Waals surface area contributed by atoms with Gasteiger partial charge in [0.2, 0.25) is 0 Å². The van der Waals surface area contributed by atoms with Crippen molar-refractivity contribution in [3.8, 4) is 0 Å². The van der Waals surface area contributed by atoms with Gasteiger partial charge < -0.3 is 10.0 Å². The van der Waals surface area contributed by atoms with Crippen molar-refractivity contribution >= 4 is 49.3 Å². The number of likely N-dealkylation sites (N-methyl/N-ethyl adjacent to an activating group) is 2. The summed E-state index contributed by atoms with van der Waals surface area (Å²) in [5.41, 5.74) is 2.30. The van der Waals surface area contributed by atoms with Gasteiger partial charge in [-0.2, -0.15) is 0 Å². The Kier molecular flexibility index (Phi) is 10.7. The van der Waals surface area contributed by atoms with Crippen LogP contribution in [0.3, 0.4) is 0 Å². The maximum absolute atomic E-state index is 8.85. The van der Waals surface area contributed by atoms with E-state index in [1.807, 2.05) is 43.3 Å². The number of benzene rings is 2. The molecule has 0 saturated heterocycles. The summed E-state index contributed by atoms with van der Waals surface area (Å²) >= 11 is 1.48. The summed E-state index contributed by atoms with van der Waals surface area (Å²) in [5.74, 6) is 0. The average molecular weight is 544 g/mol. The van der Waals surface area contributed by atoms with E-state index in [0.29, 0.717) is 13.1 Å². The number of halogens is 1. The second-order valence-corrected chi connectivity index (χ2v) is 23.0. The quantitative estimate of drug-likeness (QED) is 0.525. The minimum Gasteiger partial charge on any atom is -0.395 e. The molecule has 0 amide bonds. The molecule has 0 heterocycles. The van der Waals surface area contributed by atoms with Crippen LogP contribution in [0.4, 0.5) is 11.4 Å². The molecule has 150 valence electrons. The second-order valence-electron chi connectivity index (χ2n) is 7.56. The SMILES string of the molecule is CN(CCO)c1cc[c]([Sn]([CH3])([CH3])[CH3])cc1.CN(CCO)c1ccc(Br)cc1. The number of hydrogen-bond acceptors (Lipinski definition) is 4. The van der Waals surface area contributed by atoms with Crippen LogP contribution < -0.4 is 13.4 Å². The Morgan fingerprint density at radius 3 is 1.44 bits per heavy atom. The van der Waals surface area contributed by atoms with Gasteiger partial charge in [-0.1, -0.05) is 15.9 Å². The van der Waals surface area contributed by atoms with E-state index in [4.69, 9.17) is 10.2 Å². The summed E-state index contributed by atoms with van der Waals surface area (Å²) in [6.07, 6.45) is 0. The molecule has 6 heteroatoms. The summed E-state index contributed by atoms with van der Waals surface area (Å²) in [6.45, 7) is 1.75. The van der Waals surface area contributed by atoms with Gasteiger partial charge in [-0.3, -0.25) is 0 Å². The third-order valence-corrected chi connectivity index (χ3v) is 10.7. The Morgan fingerprint density at radius 1 is 0.741 bits per heavy atom. The van der Waals surface area contributed by atoms with E-state index in [0.717, 1.165) is 10.2 Å². The van der Waals surface area contributed by atoms with Crippen LogP contribution in [0.1, 0.15) is 0 Å². The molecule has 2 rings (SSSR count). The van der Waals surface area contributed by atoms with Gasteiger partial charge >= 0.3 is 96.9 Å². The van der Waals surface area contributed by atoms with Crippen LogP contribution in [0, 0.1) is 0 Å². The summed E-state index contributed by atoms with van der Waals surface area (Å²) < 4.78 is 2.62. The fraction of sp³-hybridized carbons (Fsp3) is 0.429. The molecule has 0 aliphatic carbocycles. The second kappa shape index (κ2) is 11.9. The molecule has 0 spiro atoms. The maximum atomic E-state index is 8.85. The molecule has 0 aliphatic rings. The Balaban J connectivity index is 0.000000277. The third kappa shape index (κ3) is 8.85. The first-order chi connectivity index (χ1) is 12.7. The molecule has 4 nitrogen and oxygen atoms in total. The Hall–Kier alpha value is -0.761. The van der Waals surface area contributed by atoms with Gasteiger partial charge in [0.1, 0.15) is 0 Å². The standard InChI is InChI=1S/C9H12BrNO.C9H12NO.3CH3.Sn/c1-11(6-7-12)9-4-2-8(10)3-5-9;1-10(7-8-11)9-5-3-2-4-6-9;;;;/h2-5,12H,6-7H2,1H3;3-6,11H,7-8H2,1H3;3*1H3;. The zero-order valence-corrected chi connectivity index (χ0v) is 21.6. The molecule has 0 fully saturated rings. The molecular formula is C21H33BrN2O2Sn. The molecular weight excluding hydrogens is 511 g/mol. The van der Waals surface area contributed by atoms with Crippen molar-refractivity contribution < 1.29 is 10.2 Å². The number of nitrogens with zero attached hydrogens (tertiary/aromatic N) is 2. The summed E-state index contributed by atoms with van der Waals surface area (Å²) in [6, 6.07) is 16.8. The largest absolute Gasteiger partial charge is 0.395 e. The van der Waals surface area contributed by atoms with Crippen LogP contribution in [0.15, 0.2) is 53.0 Å². The first-order valence-corrected chi connectivity index (χ1v) is 20.0. The van der Waals surface area contributed by atoms with Crippen molar-refractivity contribution in [2.75, 3.05) is 50.2 Å². The van der Waals surface area contributed by atoms with E-state index < -0.39 is 18.4 Å². The maximum Gasteiger partial charge on any atom is 0.0606 e. The van der Waals surface area contributed by atoms with Crippen LogP contribution in [-0.2, 0) is 0 Å². The Morgan fingerprint density at radius 2 is 1.11 bits per heavy atom. The number of anilines is 2. The zero-order chi connectivity index (χ0) is 20.4. The first kappa shape index (κ1) is 24.3. The van der Waals surface area contributed by atoms with Gasteiger partial charge in [-0.25, -0.2) is 0 Å². The van der Waals surface area contributed by atoms with E-state index >= 15 is 0 Å². The predicted molar refractivity (Wildman–Crippen MR) is 124 cm³/mol. The minimum atomic E-state index is -1.88. The van der Waals surface area contributed by atoms with Crippen molar-refractivity contribution in [3.05, 3.63) is 53.0 Å². The van der Waals surface area contributed by atoms with Crippen molar-refractivity contribution in [1.29, 1.82) is 0 Å². The minimum absolute atomic E-state index is 0.187. The van der Waals surface area contributed by atoms with Gasteiger partial charge in [0.15, 0.2) is 0 Å². The van der Waals surface area contributed by atoms with Gasteiger partial charge in [0, 0.05) is 23.8 Å². The Labute approximate surface area is 176 Å². The fourth-order valence-corrected chi connectivity index (χ4v) is 6.06. The van der Waals surface area contributed by atoms with Gasteiger partial charge in [0.25, 0.3) is 0 Å². The zero-order valence-electron chi connectivity index (χ0n) is 17.1. The number of aliphatic hydroxyl groups is 2. The van der Waals surface area contributed by atoms with Crippen LogP contribution >= 0.6 is 15.9 Å². The molecule has 2 aromatic rings. The predicted octanol–water partition coefficient (Wildman–Crippen LogP) is 3.54. The van der Waals surface area contributed by atoms with Crippen molar-refractivity contribution in [2.45, 2.75) is 14.8 Å². The molecule has 0 radical (unpaired) electrons. The first-order valence-electron chi connectivity index (χ1n) is 9.19. The van der Waals surface area contributed by atoms with Gasteiger partial charge in [-0.15, -0.1) is 0 Å². The van der Waals surface area contributed by atoms with Crippen LogP contribution in [0.5, 0.6) is 0 Å². The summed E-state index contributed by atoms with van der Waals surface area (Å²) in [4.78, 5) is 11.3. The van der Waals surface area contributed by atoms with E-state index in [1.54, 1.807) is 3.58 Å². The summed E-state index contributed by atoms with van der Waals surface area (Å²) in [7, 11) is 3.96. The van der Waals surface area contributed by atoms with E-state index in [9.17, 15) is 0 Å². The molecule has 0 aliphatic heterocycles. The normalized spacial score (nSPS) is 10.8. The smallest absolute Gasteiger partial charge is 0.0606 e. The molecule has 0 atom stereocenters. The number of aliphatic hydroxyl groups excluding tert-OH is 2. The Bertz CT molecular complexity index is 657. The molecule has 2 aromatic carbocycles. The van der Waals surface area contributed by atoms with E-state index in [2.05, 4.69) is 59.9 Å². The van der Waals surface area contributed by atoms with Gasteiger partial charge in [-0.05, 0) is 24.3 Å². The molecule has 2 N–H and O–H groups in total. The summed E-state index contributed by atoms with van der Waals surface area (Å²) in [5, 5.41) is 17.6.